The Labute approximate surface area is 150 Å². The van der Waals surface area contributed by atoms with Crippen LogP contribution in [0.2, 0.25) is 0 Å². The fourth-order valence-electron chi connectivity index (χ4n) is 2.03. The third-order valence-corrected chi connectivity index (χ3v) is 5.00. The van der Waals surface area contributed by atoms with Crippen molar-refractivity contribution in [1.82, 2.24) is 9.88 Å². The normalized spacial score (nSPS) is 10.5. The first-order valence-electron chi connectivity index (χ1n) is 7.56. The summed E-state index contributed by atoms with van der Waals surface area (Å²) in [4.78, 5) is 29.9. The van der Waals surface area contributed by atoms with Gasteiger partial charge in [-0.05, 0) is 25.1 Å². The molecule has 0 saturated heterocycles. The summed E-state index contributed by atoms with van der Waals surface area (Å²) < 4.78 is 0. The largest absolute Gasteiger partial charge is 0.345 e. The van der Waals surface area contributed by atoms with E-state index in [2.05, 4.69) is 15.7 Å². The average molecular weight is 364 g/mol. The lowest BCUT2D eigenvalue weighted by Gasteiger charge is -2.11. The van der Waals surface area contributed by atoms with Crippen molar-refractivity contribution in [3.63, 3.8) is 0 Å². The number of anilines is 1. The summed E-state index contributed by atoms with van der Waals surface area (Å²) in [6.07, 6.45) is 0.430. The Hall–Kier alpha value is -1.86. The number of carbonyl (C=O) groups is 2. The zero-order valence-corrected chi connectivity index (χ0v) is 15.7. The SMILES string of the molecule is Cc1nc(CSCCC(=O)Nc2cccc(C(=O)N(C)C)c2)cs1. The number of rotatable bonds is 7. The van der Waals surface area contributed by atoms with Crippen LogP contribution in [0.4, 0.5) is 5.69 Å². The van der Waals surface area contributed by atoms with Gasteiger partial charge in [0.15, 0.2) is 0 Å². The number of amides is 2. The highest BCUT2D eigenvalue weighted by molar-refractivity contribution is 7.98. The minimum Gasteiger partial charge on any atom is -0.345 e. The van der Waals surface area contributed by atoms with Crippen LogP contribution < -0.4 is 5.32 Å². The number of thioether (sulfide) groups is 1. The maximum atomic E-state index is 12.0. The van der Waals surface area contributed by atoms with E-state index in [1.165, 1.54) is 4.90 Å². The first-order chi connectivity index (χ1) is 11.5. The fraction of sp³-hybridized carbons (Fsp3) is 0.353. The molecule has 5 nitrogen and oxygen atoms in total. The maximum Gasteiger partial charge on any atom is 0.253 e. The molecule has 128 valence electrons. The smallest absolute Gasteiger partial charge is 0.253 e. The Kier molecular flexibility index (Phi) is 6.81. The minimum absolute atomic E-state index is 0.0496. The van der Waals surface area contributed by atoms with Gasteiger partial charge < -0.3 is 10.2 Å². The summed E-state index contributed by atoms with van der Waals surface area (Å²) in [7, 11) is 3.41. The minimum atomic E-state index is -0.0831. The lowest BCUT2D eigenvalue weighted by molar-refractivity contribution is -0.115. The molecule has 0 aliphatic rings. The standard InChI is InChI=1S/C17H21N3O2S2/c1-12-18-15(11-24-12)10-23-8-7-16(21)19-14-6-4-5-13(9-14)17(22)20(2)3/h4-6,9,11H,7-8,10H2,1-3H3,(H,19,21). The Balaban J connectivity index is 1.77. The number of aryl methyl sites for hydroxylation is 1. The van der Waals surface area contributed by atoms with Crippen molar-refractivity contribution in [2.75, 3.05) is 25.2 Å². The Morgan fingerprint density at radius 1 is 1.33 bits per heavy atom. The van der Waals surface area contributed by atoms with E-state index in [0.29, 0.717) is 17.7 Å². The first-order valence-corrected chi connectivity index (χ1v) is 9.59. The van der Waals surface area contributed by atoms with Gasteiger partial charge in [-0.15, -0.1) is 11.3 Å². The zero-order valence-electron chi connectivity index (χ0n) is 14.0. The van der Waals surface area contributed by atoms with Gasteiger partial charge >= 0.3 is 0 Å². The molecule has 0 saturated carbocycles. The second-order valence-corrected chi connectivity index (χ2v) is 7.66. The van der Waals surface area contributed by atoms with Gasteiger partial charge in [0.25, 0.3) is 5.91 Å². The van der Waals surface area contributed by atoms with E-state index in [-0.39, 0.29) is 11.8 Å². The van der Waals surface area contributed by atoms with Crippen molar-refractivity contribution in [2.24, 2.45) is 0 Å². The van der Waals surface area contributed by atoms with Crippen LogP contribution >= 0.6 is 23.1 Å². The first kappa shape index (κ1) is 18.5. The van der Waals surface area contributed by atoms with E-state index >= 15 is 0 Å². The predicted molar refractivity (Wildman–Crippen MR) is 101 cm³/mol. The van der Waals surface area contributed by atoms with Crippen LogP contribution in [0, 0.1) is 6.92 Å². The average Bonchev–Trinajstić information content (AvgIpc) is 2.96. The molecule has 1 heterocycles. The lowest BCUT2D eigenvalue weighted by atomic mass is 10.2. The summed E-state index contributed by atoms with van der Waals surface area (Å²) in [5, 5.41) is 5.96. The molecular weight excluding hydrogens is 342 g/mol. The van der Waals surface area contributed by atoms with E-state index < -0.39 is 0 Å². The number of thiazole rings is 1. The molecule has 1 aromatic heterocycles. The van der Waals surface area contributed by atoms with Crippen molar-refractivity contribution in [2.45, 2.75) is 19.1 Å². The molecule has 2 rings (SSSR count). The molecule has 0 bridgehead atoms. The topological polar surface area (TPSA) is 62.3 Å². The molecule has 2 aromatic rings. The molecule has 0 spiro atoms. The van der Waals surface area contributed by atoms with Crippen molar-refractivity contribution >= 4 is 40.6 Å². The molecule has 0 radical (unpaired) electrons. The van der Waals surface area contributed by atoms with Crippen molar-refractivity contribution in [3.8, 4) is 0 Å². The van der Waals surface area contributed by atoms with Gasteiger partial charge in [0.1, 0.15) is 0 Å². The monoisotopic (exact) mass is 363 g/mol. The highest BCUT2D eigenvalue weighted by Crippen LogP contribution is 2.17. The third kappa shape index (κ3) is 5.65. The Morgan fingerprint density at radius 2 is 2.12 bits per heavy atom. The van der Waals surface area contributed by atoms with Crippen LogP contribution in [-0.4, -0.2) is 41.5 Å². The van der Waals surface area contributed by atoms with Crippen LogP contribution in [0.3, 0.4) is 0 Å². The number of carbonyl (C=O) groups excluding carboxylic acids is 2. The zero-order chi connectivity index (χ0) is 17.5. The number of hydrogen-bond acceptors (Lipinski definition) is 5. The van der Waals surface area contributed by atoms with E-state index in [0.717, 1.165) is 22.2 Å². The van der Waals surface area contributed by atoms with Gasteiger partial charge in [0, 0.05) is 48.7 Å². The number of benzene rings is 1. The van der Waals surface area contributed by atoms with Crippen LogP contribution in [-0.2, 0) is 10.5 Å². The summed E-state index contributed by atoms with van der Waals surface area (Å²) in [6.45, 7) is 1.99. The van der Waals surface area contributed by atoms with Gasteiger partial charge in [-0.1, -0.05) is 6.07 Å². The van der Waals surface area contributed by atoms with E-state index in [1.54, 1.807) is 61.5 Å². The molecule has 0 aliphatic heterocycles. The molecule has 0 atom stereocenters. The highest BCUT2D eigenvalue weighted by Gasteiger charge is 2.09. The lowest BCUT2D eigenvalue weighted by Crippen LogP contribution is -2.22. The number of aromatic nitrogens is 1. The van der Waals surface area contributed by atoms with Crippen LogP contribution in [0.25, 0.3) is 0 Å². The van der Waals surface area contributed by atoms with Gasteiger partial charge in [0.05, 0.1) is 10.7 Å². The number of nitrogens with one attached hydrogen (secondary N) is 1. The summed E-state index contributed by atoms with van der Waals surface area (Å²) in [6, 6.07) is 7.00. The maximum absolute atomic E-state index is 12.0. The summed E-state index contributed by atoms with van der Waals surface area (Å²) >= 11 is 3.33. The third-order valence-electron chi connectivity index (χ3n) is 3.19. The van der Waals surface area contributed by atoms with Crippen molar-refractivity contribution in [3.05, 3.63) is 45.9 Å². The molecule has 1 N–H and O–H groups in total. The van der Waals surface area contributed by atoms with Gasteiger partial charge in [-0.2, -0.15) is 11.8 Å². The molecule has 0 unspecified atom stereocenters. The van der Waals surface area contributed by atoms with E-state index in [1.807, 2.05) is 6.92 Å². The van der Waals surface area contributed by atoms with Gasteiger partial charge in [0.2, 0.25) is 5.91 Å². The number of nitrogens with zero attached hydrogens (tertiary/aromatic N) is 2. The van der Waals surface area contributed by atoms with E-state index in [4.69, 9.17) is 0 Å². The van der Waals surface area contributed by atoms with Crippen molar-refractivity contribution in [1.29, 1.82) is 0 Å². The number of hydrogen-bond donors (Lipinski definition) is 1. The van der Waals surface area contributed by atoms with Gasteiger partial charge in [-0.3, -0.25) is 9.59 Å². The molecule has 0 aliphatic carbocycles. The molecule has 2 amide bonds. The Bertz CT molecular complexity index is 713. The fourth-order valence-corrected chi connectivity index (χ4v) is 3.58. The quantitative estimate of drug-likeness (QED) is 0.766. The molecule has 24 heavy (non-hydrogen) atoms. The summed E-state index contributed by atoms with van der Waals surface area (Å²) in [5.74, 6) is 1.43. The second-order valence-electron chi connectivity index (χ2n) is 5.49. The van der Waals surface area contributed by atoms with Crippen LogP contribution in [0.1, 0.15) is 27.5 Å². The second kappa shape index (κ2) is 8.84. The molecule has 1 aromatic carbocycles. The summed E-state index contributed by atoms with van der Waals surface area (Å²) in [5.41, 5.74) is 2.27. The van der Waals surface area contributed by atoms with E-state index in [9.17, 15) is 9.59 Å². The molecule has 0 fully saturated rings. The Morgan fingerprint density at radius 3 is 2.79 bits per heavy atom. The van der Waals surface area contributed by atoms with Gasteiger partial charge in [-0.25, -0.2) is 4.98 Å². The molecular formula is C17H21N3O2S2. The predicted octanol–water partition coefficient (Wildman–Crippen LogP) is 3.42. The van der Waals surface area contributed by atoms with Crippen LogP contribution in [0.15, 0.2) is 29.6 Å². The van der Waals surface area contributed by atoms with Crippen molar-refractivity contribution < 1.29 is 9.59 Å². The molecule has 7 heteroatoms. The highest BCUT2D eigenvalue weighted by atomic mass is 32.2. The van der Waals surface area contributed by atoms with Crippen LogP contribution in [0.5, 0.6) is 0 Å².